The average Bonchev–Trinajstić information content (AvgIpc) is 2.17. The molecule has 1 heterocycles. The van der Waals surface area contributed by atoms with Gasteiger partial charge in [0.15, 0.2) is 0 Å². The first-order valence-electron chi connectivity index (χ1n) is 4.98. The van der Waals surface area contributed by atoms with E-state index in [9.17, 15) is 10.1 Å². The average molecular weight is 226 g/mol. The number of hydrogen-bond acceptors (Lipinski definition) is 6. The van der Waals surface area contributed by atoms with E-state index in [2.05, 4.69) is 9.97 Å². The summed E-state index contributed by atoms with van der Waals surface area (Å²) in [6.07, 6.45) is 2.63. The lowest BCUT2D eigenvalue weighted by Crippen LogP contribution is -2.14. The van der Waals surface area contributed by atoms with E-state index in [4.69, 9.17) is 10.5 Å². The number of nitrogens with two attached hydrogens (primary N) is 1. The van der Waals surface area contributed by atoms with Crippen molar-refractivity contribution in [2.75, 3.05) is 5.73 Å². The number of ether oxygens (including phenoxy) is 1. The molecule has 1 aromatic heterocycles. The molecule has 0 saturated heterocycles. The molecular weight excluding hydrogens is 212 g/mol. The van der Waals surface area contributed by atoms with E-state index in [0.717, 1.165) is 19.0 Å². The van der Waals surface area contributed by atoms with E-state index in [1.54, 1.807) is 0 Å². The van der Waals surface area contributed by atoms with Gasteiger partial charge in [-0.15, -0.1) is 0 Å². The highest BCUT2D eigenvalue weighted by Crippen LogP contribution is 2.25. The highest BCUT2D eigenvalue weighted by Gasteiger charge is 2.19. The van der Waals surface area contributed by atoms with E-state index < -0.39 is 4.92 Å². The van der Waals surface area contributed by atoms with Gasteiger partial charge in [0.05, 0.1) is 11.0 Å². The molecule has 0 fully saturated rings. The smallest absolute Gasteiger partial charge is 0.349 e. The number of anilines is 1. The van der Waals surface area contributed by atoms with E-state index in [0.29, 0.717) is 0 Å². The highest BCUT2D eigenvalue weighted by molar-refractivity contribution is 5.41. The predicted molar refractivity (Wildman–Crippen MR) is 58.1 cm³/mol. The Morgan fingerprint density at radius 1 is 1.69 bits per heavy atom. The zero-order valence-electron chi connectivity index (χ0n) is 9.21. The summed E-state index contributed by atoms with van der Waals surface area (Å²) < 4.78 is 5.36. The summed E-state index contributed by atoms with van der Waals surface area (Å²) in [7, 11) is 0. The van der Waals surface area contributed by atoms with Crippen LogP contribution in [0.15, 0.2) is 6.20 Å². The van der Waals surface area contributed by atoms with E-state index in [1.807, 2.05) is 13.8 Å². The van der Waals surface area contributed by atoms with Crippen LogP contribution in [0.4, 0.5) is 11.6 Å². The van der Waals surface area contributed by atoms with Crippen molar-refractivity contribution in [1.29, 1.82) is 0 Å². The van der Waals surface area contributed by atoms with Gasteiger partial charge in [-0.3, -0.25) is 10.1 Å². The summed E-state index contributed by atoms with van der Waals surface area (Å²) in [5.41, 5.74) is 5.09. The molecule has 0 aliphatic rings. The Morgan fingerprint density at radius 2 is 2.38 bits per heavy atom. The van der Waals surface area contributed by atoms with Gasteiger partial charge in [-0.2, -0.15) is 4.98 Å². The van der Waals surface area contributed by atoms with Crippen molar-refractivity contribution in [3.8, 4) is 5.88 Å². The molecule has 1 rings (SSSR count). The summed E-state index contributed by atoms with van der Waals surface area (Å²) >= 11 is 0. The van der Waals surface area contributed by atoms with Gasteiger partial charge in [-0.1, -0.05) is 13.3 Å². The van der Waals surface area contributed by atoms with Gasteiger partial charge in [-0.25, -0.2) is 4.98 Å². The first-order valence-corrected chi connectivity index (χ1v) is 4.98. The second-order valence-electron chi connectivity index (χ2n) is 3.39. The molecule has 0 aliphatic carbocycles. The van der Waals surface area contributed by atoms with Crippen LogP contribution in [0, 0.1) is 10.1 Å². The Balaban J connectivity index is 2.92. The van der Waals surface area contributed by atoms with Crippen LogP contribution in [-0.4, -0.2) is 21.0 Å². The molecule has 88 valence electrons. The fourth-order valence-corrected chi connectivity index (χ4v) is 1.24. The van der Waals surface area contributed by atoms with Crippen LogP contribution in [0.5, 0.6) is 5.88 Å². The van der Waals surface area contributed by atoms with Crippen LogP contribution in [-0.2, 0) is 0 Å². The topological polar surface area (TPSA) is 104 Å². The Labute approximate surface area is 92.8 Å². The minimum Gasteiger partial charge on any atom is -0.470 e. The van der Waals surface area contributed by atoms with Crippen molar-refractivity contribution in [1.82, 2.24) is 9.97 Å². The van der Waals surface area contributed by atoms with Gasteiger partial charge < -0.3 is 10.5 Å². The molecule has 0 bridgehead atoms. The van der Waals surface area contributed by atoms with Gasteiger partial charge in [0.25, 0.3) is 5.88 Å². The summed E-state index contributed by atoms with van der Waals surface area (Å²) in [6.45, 7) is 3.83. The normalized spacial score (nSPS) is 12.1. The van der Waals surface area contributed by atoms with Crippen molar-refractivity contribution in [3.05, 3.63) is 16.3 Å². The quantitative estimate of drug-likeness (QED) is 0.603. The maximum Gasteiger partial charge on any atom is 0.349 e. The number of nitrogens with zero attached hydrogens (tertiary/aromatic N) is 3. The Bertz CT molecular complexity index is 383. The maximum atomic E-state index is 10.7. The second-order valence-corrected chi connectivity index (χ2v) is 3.39. The van der Waals surface area contributed by atoms with Gasteiger partial charge in [0.2, 0.25) is 5.95 Å². The third kappa shape index (κ3) is 3.04. The van der Waals surface area contributed by atoms with Crippen molar-refractivity contribution >= 4 is 11.6 Å². The molecule has 16 heavy (non-hydrogen) atoms. The number of nitrogen functional groups attached to an aromatic ring is 1. The van der Waals surface area contributed by atoms with Gasteiger partial charge in [0, 0.05) is 0 Å². The molecule has 0 saturated carbocycles. The number of hydrogen-bond donors (Lipinski definition) is 1. The first-order chi connectivity index (χ1) is 7.54. The van der Waals surface area contributed by atoms with Crippen LogP contribution >= 0.6 is 0 Å². The van der Waals surface area contributed by atoms with Crippen LogP contribution in [0.3, 0.4) is 0 Å². The van der Waals surface area contributed by atoms with Crippen LogP contribution < -0.4 is 10.5 Å². The minimum atomic E-state index is -0.590. The van der Waals surface area contributed by atoms with Crippen LogP contribution in [0.2, 0.25) is 0 Å². The van der Waals surface area contributed by atoms with Crippen LogP contribution in [0.25, 0.3) is 0 Å². The summed E-state index contributed by atoms with van der Waals surface area (Å²) in [6, 6.07) is 0. The molecule has 0 spiro atoms. The maximum absolute atomic E-state index is 10.7. The fraction of sp³-hybridized carbons (Fsp3) is 0.556. The zero-order valence-corrected chi connectivity index (χ0v) is 9.21. The fourth-order valence-electron chi connectivity index (χ4n) is 1.24. The molecule has 1 atom stereocenters. The standard InChI is InChI=1S/C9H14N4O3/c1-3-4-6(2)16-8-7(13(14)15)5-11-9(10)12-8/h5-6H,3-4H2,1-2H3,(H2,10,11,12). The molecule has 1 unspecified atom stereocenters. The number of aromatic nitrogens is 2. The van der Waals surface area contributed by atoms with E-state index >= 15 is 0 Å². The highest BCUT2D eigenvalue weighted by atomic mass is 16.6. The van der Waals surface area contributed by atoms with Crippen molar-refractivity contribution in [2.45, 2.75) is 32.8 Å². The lowest BCUT2D eigenvalue weighted by atomic mass is 10.2. The monoisotopic (exact) mass is 226 g/mol. The molecule has 0 amide bonds. The van der Waals surface area contributed by atoms with Crippen molar-refractivity contribution < 1.29 is 9.66 Å². The van der Waals surface area contributed by atoms with Crippen molar-refractivity contribution in [3.63, 3.8) is 0 Å². The first kappa shape index (κ1) is 12.2. The second kappa shape index (κ2) is 5.24. The molecule has 2 N–H and O–H groups in total. The molecule has 7 nitrogen and oxygen atoms in total. The minimum absolute atomic E-state index is 0.0377. The Hall–Kier alpha value is -1.92. The van der Waals surface area contributed by atoms with Crippen molar-refractivity contribution in [2.24, 2.45) is 0 Å². The number of rotatable bonds is 5. The third-order valence-corrected chi connectivity index (χ3v) is 1.96. The predicted octanol–water partition coefficient (Wildman–Crippen LogP) is 1.53. The summed E-state index contributed by atoms with van der Waals surface area (Å²) in [5.74, 6) is -0.109. The zero-order chi connectivity index (χ0) is 12.1. The molecule has 0 radical (unpaired) electrons. The van der Waals surface area contributed by atoms with Gasteiger partial charge >= 0.3 is 5.69 Å². The third-order valence-electron chi connectivity index (χ3n) is 1.96. The van der Waals surface area contributed by atoms with E-state index in [-0.39, 0.29) is 23.6 Å². The van der Waals surface area contributed by atoms with E-state index in [1.165, 1.54) is 0 Å². The molecular formula is C9H14N4O3. The molecule has 1 aromatic rings. The molecule has 0 aromatic carbocycles. The lowest BCUT2D eigenvalue weighted by Gasteiger charge is -2.12. The number of nitro groups is 1. The molecule has 0 aliphatic heterocycles. The van der Waals surface area contributed by atoms with Gasteiger partial charge in [-0.05, 0) is 13.3 Å². The summed E-state index contributed by atoms with van der Waals surface area (Å²) in [5, 5.41) is 10.7. The molecule has 7 heteroatoms. The Kier molecular flexibility index (Phi) is 3.98. The van der Waals surface area contributed by atoms with Gasteiger partial charge in [0.1, 0.15) is 6.20 Å². The summed E-state index contributed by atoms with van der Waals surface area (Å²) in [4.78, 5) is 17.4. The SMILES string of the molecule is CCCC(C)Oc1nc(N)ncc1[N+](=O)[O-]. The van der Waals surface area contributed by atoms with Crippen LogP contribution in [0.1, 0.15) is 26.7 Å². The largest absolute Gasteiger partial charge is 0.470 e. The lowest BCUT2D eigenvalue weighted by molar-refractivity contribution is -0.386. The Morgan fingerprint density at radius 3 is 2.94 bits per heavy atom.